The van der Waals surface area contributed by atoms with Gasteiger partial charge in [0.1, 0.15) is 5.04 Å². The van der Waals surface area contributed by atoms with E-state index in [1.54, 1.807) is 0 Å². The van der Waals surface area contributed by atoms with Gasteiger partial charge in [0, 0.05) is 24.1 Å². The largest absolute Gasteiger partial charge is 0.465 e. The fraction of sp³-hybridized carbons (Fsp3) is 0.533. The topological polar surface area (TPSA) is 51.5 Å². The molecule has 1 aliphatic rings. The minimum absolute atomic E-state index is 0.0626. The van der Waals surface area contributed by atoms with E-state index in [0.29, 0.717) is 29.3 Å². The molecular formula is C15H17F3N2O2S. The van der Waals surface area contributed by atoms with Crippen molar-refractivity contribution in [2.45, 2.75) is 26.4 Å². The number of ether oxygens (including phenoxy) is 1. The summed E-state index contributed by atoms with van der Waals surface area (Å²) in [5.41, 5.74) is -0.688. The number of carbonyl (C=O) groups excluding carboxylic acids is 1. The molecule has 0 spiro atoms. The summed E-state index contributed by atoms with van der Waals surface area (Å²) >= 11 is 1.25. The summed E-state index contributed by atoms with van der Waals surface area (Å²) in [4.78, 5) is 19.6. The number of pyridine rings is 1. The van der Waals surface area contributed by atoms with Gasteiger partial charge in [-0.25, -0.2) is 4.79 Å². The zero-order valence-electron chi connectivity index (χ0n) is 13.0. The first-order chi connectivity index (χ1) is 10.8. The van der Waals surface area contributed by atoms with Crippen molar-refractivity contribution in [2.75, 3.05) is 19.4 Å². The van der Waals surface area contributed by atoms with Gasteiger partial charge < -0.3 is 4.74 Å². The Morgan fingerprint density at radius 2 is 2.13 bits per heavy atom. The van der Waals surface area contributed by atoms with Crippen molar-refractivity contribution in [1.29, 1.82) is 0 Å². The second kappa shape index (κ2) is 6.90. The highest BCUT2D eigenvalue weighted by Crippen LogP contribution is 2.37. The molecule has 0 atom stereocenters. The van der Waals surface area contributed by atoms with E-state index in [2.05, 4.69) is 9.98 Å². The Bertz CT molecular complexity index is 642. The standard InChI is InChI=1S/C15H17F3N2O2S/c1-8(2)6-9-10(14(21)22-3)7-20-12(15(16,17)18)11(9)13-19-4-5-23-13/h7-8H,4-6H2,1-3H3. The Labute approximate surface area is 136 Å². The van der Waals surface area contributed by atoms with E-state index >= 15 is 0 Å². The second-order valence-electron chi connectivity index (χ2n) is 5.50. The second-order valence-corrected chi connectivity index (χ2v) is 6.58. The first-order valence-electron chi connectivity index (χ1n) is 7.10. The zero-order valence-corrected chi connectivity index (χ0v) is 13.8. The first kappa shape index (κ1) is 17.8. The molecule has 126 valence electrons. The Morgan fingerprint density at radius 1 is 1.43 bits per heavy atom. The van der Waals surface area contributed by atoms with E-state index in [0.717, 1.165) is 6.20 Å². The van der Waals surface area contributed by atoms with E-state index in [9.17, 15) is 18.0 Å². The molecule has 2 rings (SSSR count). The van der Waals surface area contributed by atoms with Crippen LogP contribution in [0.2, 0.25) is 0 Å². The van der Waals surface area contributed by atoms with Crippen LogP contribution in [0, 0.1) is 5.92 Å². The summed E-state index contributed by atoms with van der Waals surface area (Å²) in [5, 5.41) is 0.297. The molecule has 0 unspecified atom stereocenters. The van der Waals surface area contributed by atoms with Crippen LogP contribution in [0.4, 0.5) is 13.2 Å². The molecule has 2 heterocycles. The number of aliphatic imine (C=N–C) groups is 1. The average Bonchev–Trinajstić information content (AvgIpc) is 2.98. The third-order valence-electron chi connectivity index (χ3n) is 3.27. The van der Waals surface area contributed by atoms with Crippen molar-refractivity contribution in [1.82, 2.24) is 4.98 Å². The summed E-state index contributed by atoms with van der Waals surface area (Å²) in [6.07, 6.45) is -3.34. The Hall–Kier alpha value is -1.57. The molecule has 0 amide bonds. The molecular weight excluding hydrogens is 329 g/mol. The van der Waals surface area contributed by atoms with Crippen LogP contribution in [-0.4, -0.2) is 35.4 Å². The summed E-state index contributed by atoms with van der Waals surface area (Å²) < 4.78 is 44.9. The Kier molecular flexibility index (Phi) is 5.33. The summed E-state index contributed by atoms with van der Waals surface area (Å²) in [6.45, 7) is 4.21. The predicted molar refractivity (Wildman–Crippen MR) is 83.0 cm³/mol. The van der Waals surface area contributed by atoms with Crippen LogP contribution < -0.4 is 0 Å². The number of halogens is 3. The number of hydrogen-bond donors (Lipinski definition) is 0. The van der Waals surface area contributed by atoms with E-state index in [1.165, 1.54) is 18.9 Å². The maximum atomic E-state index is 13.4. The van der Waals surface area contributed by atoms with Gasteiger partial charge in [0.15, 0.2) is 5.69 Å². The van der Waals surface area contributed by atoms with Crippen LogP contribution >= 0.6 is 11.8 Å². The van der Waals surface area contributed by atoms with Crippen molar-refractivity contribution in [3.63, 3.8) is 0 Å². The molecule has 0 bridgehead atoms. The van der Waals surface area contributed by atoms with Crippen LogP contribution in [0.25, 0.3) is 0 Å². The number of alkyl halides is 3. The number of methoxy groups -OCH3 is 1. The normalized spacial score (nSPS) is 15.0. The van der Waals surface area contributed by atoms with Gasteiger partial charge in [-0.05, 0) is 17.9 Å². The number of esters is 1. The molecule has 0 aliphatic carbocycles. The number of carbonyl (C=O) groups is 1. The minimum Gasteiger partial charge on any atom is -0.465 e. The molecule has 1 aromatic heterocycles. The molecule has 0 N–H and O–H groups in total. The monoisotopic (exact) mass is 346 g/mol. The third kappa shape index (κ3) is 3.85. The molecule has 0 fully saturated rings. The van der Waals surface area contributed by atoms with E-state index in [4.69, 9.17) is 4.74 Å². The highest BCUT2D eigenvalue weighted by Gasteiger charge is 2.39. The van der Waals surface area contributed by atoms with Gasteiger partial charge in [-0.2, -0.15) is 13.2 Å². The van der Waals surface area contributed by atoms with E-state index < -0.39 is 17.8 Å². The summed E-state index contributed by atoms with van der Waals surface area (Å²) in [5.74, 6) is -0.00436. The van der Waals surface area contributed by atoms with Crippen LogP contribution in [0.1, 0.15) is 41.0 Å². The molecule has 23 heavy (non-hydrogen) atoms. The average molecular weight is 346 g/mol. The molecule has 0 aromatic carbocycles. The first-order valence-corrected chi connectivity index (χ1v) is 8.09. The van der Waals surface area contributed by atoms with Gasteiger partial charge in [-0.15, -0.1) is 11.8 Å². The molecule has 1 aromatic rings. The van der Waals surface area contributed by atoms with Gasteiger partial charge in [0.2, 0.25) is 0 Å². The molecule has 1 aliphatic heterocycles. The van der Waals surface area contributed by atoms with Crippen LogP contribution in [0.3, 0.4) is 0 Å². The minimum atomic E-state index is -4.61. The predicted octanol–water partition coefficient (Wildman–Crippen LogP) is 3.58. The number of rotatable bonds is 4. The molecule has 8 heteroatoms. The Balaban J connectivity index is 2.75. The number of hydrogen-bond acceptors (Lipinski definition) is 5. The zero-order chi connectivity index (χ0) is 17.2. The lowest BCUT2D eigenvalue weighted by Gasteiger charge is -2.19. The van der Waals surface area contributed by atoms with Crippen molar-refractivity contribution in [2.24, 2.45) is 10.9 Å². The lowest BCUT2D eigenvalue weighted by molar-refractivity contribution is -0.141. The third-order valence-corrected chi connectivity index (χ3v) is 4.27. The van der Waals surface area contributed by atoms with E-state index in [-0.39, 0.29) is 17.0 Å². The molecule has 4 nitrogen and oxygen atoms in total. The van der Waals surface area contributed by atoms with Crippen LogP contribution in [0.15, 0.2) is 11.2 Å². The van der Waals surface area contributed by atoms with Gasteiger partial charge in [-0.1, -0.05) is 13.8 Å². The number of aromatic nitrogens is 1. The van der Waals surface area contributed by atoms with Gasteiger partial charge in [0.25, 0.3) is 0 Å². The Morgan fingerprint density at radius 3 is 2.61 bits per heavy atom. The fourth-order valence-corrected chi connectivity index (χ4v) is 3.31. The number of thioether (sulfide) groups is 1. The molecule has 0 saturated heterocycles. The quantitative estimate of drug-likeness (QED) is 0.782. The molecule has 0 saturated carbocycles. The maximum absolute atomic E-state index is 13.4. The lowest BCUT2D eigenvalue weighted by atomic mass is 9.93. The van der Waals surface area contributed by atoms with Gasteiger partial charge in [-0.3, -0.25) is 9.98 Å². The van der Waals surface area contributed by atoms with Gasteiger partial charge >= 0.3 is 12.1 Å². The highest BCUT2D eigenvalue weighted by atomic mass is 32.2. The van der Waals surface area contributed by atoms with Crippen molar-refractivity contribution in [3.05, 3.63) is 28.6 Å². The smallest absolute Gasteiger partial charge is 0.434 e. The van der Waals surface area contributed by atoms with E-state index in [1.807, 2.05) is 13.8 Å². The van der Waals surface area contributed by atoms with Gasteiger partial charge in [0.05, 0.1) is 12.7 Å². The maximum Gasteiger partial charge on any atom is 0.434 e. The van der Waals surface area contributed by atoms with Crippen molar-refractivity contribution < 1.29 is 22.7 Å². The SMILES string of the molecule is COC(=O)c1cnc(C(F)(F)F)c(C2=NCCS2)c1CC(C)C. The van der Waals surface area contributed by atoms with Crippen molar-refractivity contribution >= 4 is 22.8 Å². The van der Waals surface area contributed by atoms with Crippen LogP contribution in [-0.2, 0) is 17.3 Å². The van der Waals surface area contributed by atoms with Crippen LogP contribution in [0.5, 0.6) is 0 Å². The number of nitrogens with zero attached hydrogens (tertiary/aromatic N) is 2. The lowest BCUT2D eigenvalue weighted by Crippen LogP contribution is -2.21. The van der Waals surface area contributed by atoms with Crippen molar-refractivity contribution in [3.8, 4) is 0 Å². The fourth-order valence-electron chi connectivity index (χ4n) is 2.39. The summed E-state index contributed by atoms with van der Waals surface area (Å²) in [7, 11) is 1.20. The highest BCUT2D eigenvalue weighted by molar-refractivity contribution is 8.14. The molecule has 0 radical (unpaired) electrons. The summed E-state index contributed by atoms with van der Waals surface area (Å²) in [6, 6.07) is 0.